The minimum absolute atomic E-state index is 0.223. The van der Waals surface area contributed by atoms with Gasteiger partial charge in [0.15, 0.2) is 10.8 Å². The van der Waals surface area contributed by atoms with E-state index in [2.05, 4.69) is 10.2 Å². The molecule has 2 aromatic rings. The maximum Gasteiger partial charge on any atom is 0.359 e. The van der Waals surface area contributed by atoms with Crippen LogP contribution in [0, 0.1) is 6.92 Å². The highest BCUT2D eigenvalue weighted by Gasteiger charge is 2.24. The van der Waals surface area contributed by atoms with Crippen LogP contribution in [0.1, 0.15) is 48.0 Å². The van der Waals surface area contributed by atoms with Crippen LogP contribution in [0.3, 0.4) is 0 Å². The molecule has 0 saturated heterocycles. The normalized spacial score (nSPS) is 11.3. The molecule has 0 aliphatic carbocycles. The van der Waals surface area contributed by atoms with Crippen LogP contribution in [0.4, 0.5) is 0 Å². The summed E-state index contributed by atoms with van der Waals surface area (Å²) in [4.78, 5) is 12.4. The lowest BCUT2D eigenvalue weighted by molar-refractivity contribution is 0.00603. The van der Waals surface area contributed by atoms with Gasteiger partial charge in [-0.1, -0.05) is 41.9 Å². The molecule has 1 heterocycles. The zero-order valence-corrected chi connectivity index (χ0v) is 13.9. The Kier molecular flexibility index (Phi) is 4.81. The van der Waals surface area contributed by atoms with Gasteiger partial charge in [-0.05, 0) is 44.4 Å². The number of esters is 1. The van der Waals surface area contributed by atoms with E-state index in [9.17, 15) is 4.79 Å². The van der Waals surface area contributed by atoms with Gasteiger partial charge in [-0.25, -0.2) is 4.79 Å². The van der Waals surface area contributed by atoms with E-state index in [0.717, 1.165) is 16.7 Å². The van der Waals surface area contributed by atoms with Crippen molar-refractivity contribution in [1.29, 1.82) is 0 Å². The van der Waals surface area contributed by atoms with Crippen molar-refractivity contribution < 1.29 is 9.53 Å². The van der Waals surface area contributed by atoms with Gasteiger partial charge in [0.1, 0.15) is 5.60 Å². The Hall–Kier alpha value is -1.94. The Bertz CT molecular complexity index is 679. The summed E-state index contributed by atoms with van der Waals surface area (Å²) in [6, 6.07) is 9.84. The summed E-state index contributed by atoms with van der Waals surface area (Å²) >= 11 is 6.06. The van der Waals surface area contributed by atoms with E-state index in [1.165, 1.54) is 0 Å². The third-order valence-electron chi connectivity index (χ3n) is 3.10. The Morgan fingerprint density at radius 2 is 1.82 bits per heavy atom. The second-order valence-corrected chi connectivity index (χ2v) is 6.47. The lowest BCUT2D eigenvalue weighted by Crippen LogP contribution is -2.26. The molecule has 0 radical (unpaired) electrons. The summed E-state index contributed by atoms with van der Waals surface area (Å²) in [5, 5.41) is 8.11. The lowest BCUT2D eigenvalue weighted by atomic mass is 10.00. The van der Waals surface area contributed by atoms with Crippen molar-refractivity contribution in [1.82, 2.24) is 10.2 Å². The molecule has 0 saturated carbocycles. The standard InChI is InChI=1S/C17H19ClN2O2/c1-11-13(10-12-8-6-5-7-9-12)14(19-20-15(11)18)16(21)22-17(2,3)4/h5-9H,10H2,1-4H3. The van der Waals surface area contributed by atoms with Crippen LogP contribution in [-0.2, 0) is 11.2 Å². The Labute approximate surface area is 135 Å². The zero-order valence-electron chi connectivity index (χ0n) is 13.2. The highest BCUT2D eigenvalue weighted by Crippen LogP contribution is 2.23. The molecule has 0 N–H and O–H groups in total. The van der Waals surface area contributed by atoms with Crippen molar-refractivity contribution in [3.05, 3.63) is 57.9 Å². The predicted octanol–water partition coefficient (Wildman–Crippen LogP) is 3.98. The summed E-state index contributed by atoms with van der Waals surface area (Å²) in [5.74, 6) is -0.481. The number of ether oxygens (including phenoxy) is 1. The van der Waals surface area contributed by atoms with Crippen molar-refractivity contribution in [2.45, 2.75) is 39.7 Å². The van der Waals surface area contributed by atoms with Crippen LogP contribution in [0.2, 0.25) is 5.15 Å². The SMILES string of the molecule is Cc1c(Cl)nnc(C(=O)OC(C)(C)C)c1Cc1ccccc1. The van der Waals surface area contributed by atoms with Gasteiger partial charge in [-0.3, -0.25) is 0 Å². The summed E-state index contributed by atoms with van der Waals surface area (Å²) in [6.07, 6.45) is 0.552. The number of benzene rings is 1. The molecule has 116 valence electrons. The molecule has 0 atom stereocenters. The van der Waals surface area contributed by atoms with Gasteiger partial charge < -0.3 is 4.74 Å². The first-order chi connectivity index (χ1) is 10.3. The summed E-state index contributed by atoms with van der Waals surface area (Å²) in [6.45, 7) is 7.29. The second-order valence-electron chi connectivity index (χ2n) is 6.11. The third-order valence-corrected chi connectivity index (χ3v) is 3.46. The van der Waals surface area contributed by atoms with Crippen molar-refractivity contribution in [3.8, 4) is 0 Å². The number of carbonyl (C=O) groups excluding carboxylic acids is 1. The average molecular weight is 319 g/mol. The molecule has 0 spiro atoms. The molecule has 1 aromatic heterocycles. The highest BCUT2D eigenvalue weighted by atomic mass is 35.5. The van der Waals surface area contributed by atoms with Gasteiger partial charge in [-0.15, -0.1) is 10.2 Å². The molecule has 22 heavy (non-hydrogen) atoms. The highest BCUT2D eigenvalue weighted by molar-refractivity contribution is 6.30. The largest absolute Gasteiger partial charge is 0.455 e. The van der Waals surface area contributed by atoms with Crippen LogP contribution in [-0.4, -0.2) is 21.8 Å². The van der Waals surface area contributed by atoms with Gasteiger partial charge >= 0.3 is 5.97 Å². The molecule has 0 amide bonds. The van der Waals surface area contributed by atoms with Crippen molar-refractivity contribution in [3.63, 3.8) is 0 Å². The van der Waals surface area contributed by atoms with Crippen LogP contribution in [0.25, 0.3) is 0 Å². The van der Waals surface area contributed by atoms with Crippen LogP contribution in [0.15, 0.2) is 30.3 Å². The first-order valence-electron chi connectivity index (χ1n) is 7.07. The molecule has 0 fully saturated rings. The van der Waals surface area contributed by atoms with Crippen LogP contribution in [0.5, 0.6) is 0 Å². The molecular weight excluding hydrogens is 300 g/mol. The molecule has 0 bridgehead atoms. The first kappa shape index (κ1) is 16.4. The zero-order chi connectivity index (χ0) is 16.3. The average Bonchev–Trinajstić information content (AvgIpc) is 2.43. The summed E-state index contributed by atoms with van der Waals surface area (Å²) < 4.78 is 5.41. The minimum atomic E-state index is -0.587. The van der Waals surface area contributed by atoms with Crippen molar-refractivity contribution >= 4 is 17.6 Å². The van der Waals surface area contributed by atoms with E-state index < -0.39 is 11.6 Å². The van der Waals surface area contributed by atoms with Gasteiger partial charge in [0.05, 0.1) is 0 Å². The molecule has 2 rings (SSSR count). The summed E-state index contributed by atoms with van der Waals surface area (Å²) in [5.41, 5.74) is 2.21. The monoisotopic (exact) mass is 318 g/mol. The maximum atomic E-state index is 12.4. The molecule has 0 unspecified atom stereocenters. The van der Waals surface area contributed by atoms with Crippen molar-refractivity contribution in [2.24, 2.45) is 0 Å². The van der Waals surface area contributed by atoms with Gasteiger partial charge in [0.25, 0.3) is 0 Å². The fourth-order valence-electron chi connectivity index (χ4n) is 2.04. The van der Waals surface area contributed by atoms with Gasteiger partial charge in [-0.2, -0.15) is 0 Å². The minimum Gasteiger partial charge on any atom is -0.455 e. The number of aromatic nitrogens is 2. The fraction of sp³-hybridized carbons (Fsp3) is 0.353. The molecular formula is C17H19ClN2O2. The quantitative estimate of drug-likeness (QED) is 0.803. The third kappa shape index (κ3) is 4.04. The van der Waals surface area contributed by atoms with E-state index in [-0.39, 0.29) is 5.69 Å². The second kappa shape index (κ2) is 6.44. The van der Waals surface area contributed by atoms with E-state index >= 15 is 0 Å². The lowest BCUT2D eigenvalue weighted by Gasteiger charge is -2.20. The Morgan fingerprint density at radius 1 is 1.18 bits per heavy atom. The van der Waals surface area contributed by atoms with E-state index in [1.54, 1.807) is 0 Å². The van der Waals surface area contributed by atoms with E-state index in [0.29, 0.717) is 11.6 Å². The number of rotatable bonds is 3. The summed E-state index contributed by atoms with van der Waals surface area (Å²) in [7, 11) is 0. The van der Waals surface area contributed by atoms with Crippen molar-refractivity contribution in [2.75, 3.05) is 0 Å². The van der Waals surface area contributed by atoms with Gasteiger partial charge in [0, 0.05) is 6.42 Å². The molecule has 0 aliphatic rings. The molecule has 1 aromatic carbocycles. The van der Waals surface area contributed by atoms with Crippen LogP contribution >= 0.6 is 11.6 Å². The fourth-order valence-corrected chi connectivity index (χ4v) is 2.19. The smallest absolute Gasteiger partial charge is 0.359 e. The molecule has 4 nitrogen and oxygen atoms in total. The van der Waals surface area contributed by atoms with Gasteiger partial charge in [0.2, 0.25) is 0 Å². The molecule has 5 heteroatoms. The Morgan fingerprint density at radius 3 is 2.41 bits per heavy atom. The van der Waals surface area contributed by atoms with E-state index in [4.69, 9.17) is 16.3 Å². The number of hydrogen-bond acceptors (Lipinski definition) is 4. The van der Waals surface area contributed by atoms with Crippen LogP contribution < -0.4 is 0 Å². The number of halogens is 1. The number of carbonyl (C=O) groups is 1. The first-order valence-corrected chi connectivity index (χ1v) is 7.44. The maximum absolute atomic E-state index is 12.4. The Balaban J connectivity index is 2.42. The van der Waals surface area contributed by atoms with E-state index in [1.807, 2.05) is 58.0 Å². The predicted molar refractivity (Wildman–Crippen MR) is 86.2 cm³/mol. The molecule has 0 aliphatic heterocycles. The topological polar surface area (TPSA) is 52.1 Å². The number of hydrogen-bond donors (Lipinski definition) is 0. The number of nitrogens with zero attached hydrogens (tertiary/aromatic N) is 2.